The maximum absolute atomic E-state index is 13.3. The Morgan fingerprint density at radius 3 is 2.62 bits per heavy atom. The third-order valence-corrected chi connectivity index (χ3v) is 7.31. The monoisotopic (exact) mass is 485 g/mol. The quantitative estimate of drug-likeness (QED) is 0.495. The molecule has 34 heavy (non-hydrogen) atoms. The summed E-state index contributed by atoms with van der Waals surface area (Å²) in [5, 5.41) is 4.29. The van der Waals surface area contributed by atoms with Crippen molar-refractivity contribution in [2.24, 2.45) is 0 Å². The number of anilines is 1. The average Bonchev–Trinajstić information content (AvgIpc) is 3.22. The van der Waals surface area contributed by atoms with Crippen LogP contribution in [0.1, 0.15) is 20.8 Å². The van der Waals surface area contributed by atoms with Crippen LogP contribution in [-0.4, -0.2) is 86.3 Å². The van der Waals surface area contributed by atoms with E-state index in [1.807, 2.05) is 30.0 Å². The number of hydrogen-bond donors (Lipinski definition) is 1. The molecule has 1 fully saturated rings. The van der Waals surface area contributed by atoms with Gasteiger partial charge in [-0.05, 0) is 18.6 Å². The highest BCUT2D eigenvalue weighted by Crippen LogP contribution is 2.35. The maximum Gasteiger partial charge on any atom is 0.264 e. The lowest BCUT2D eigenvalue weighted by molar-refractivity contribution is 0.0598. The van der Waals surface area contributed by atoms with Gasteiger partial charge in [0, 0.05) is 51.9 Å². The van der Waals surface area contributed by atoms with Crippen molar-refractivity contribution in [1.29, 1.82) is 0 Å². The summed E-state index contributed by atoms with van der Waals surface area (Å²) in [7, 11) is 4.96. The van der Waals surface area contributed by atoms with Crippen LogP contribution in [0.5, 0.6) is 11.5 Å². The van der Waals surface area contributed by atoms with Crippen LogP contribution in [0.15, 0.2) is 24.5 Å². The average molecular weight is 486 g/mol. The van der Waals surface area contributed by atoms with Crippen molar-refractivity contribution in [2.45, 2.75) is 13.5 Å². The Hall–Kier alpha value is -2.95. The minimum atomic E-state index is 0.0623. The van der Waals surface area contributed by atoms with Crippen LogP contribution in [-0.2, 0) is 11.3 Å². The van der Waals surface area contributed by atoms with E-state index in [2.05, 4.69) is 20.2 Å². The van der Waals surface area contributed by atoms with E-state index in [9.17, 15) is 4.79 Å². The number of para-hydroxylation sites is 1. The van der Waals surface area contributed by atoms with Crippen molar-refractivity contribution < 1.29 is 19.0 Å². The predicted molar refractivity (Wildman–Crippen MR) is 133 cm³/mol. The zero-order valence-corrected chi connectivity index (χ0v) is 20.9. The number of fused-ring (bicyclic) bond motifs is 1. The highest BCUT2D eigenvalue weighted by molar-refractivity contribution is 7.20. The lowest BCUT2D eigenvalue weighted by Gasteiger charge is -2.34. The first-order valence-electron chi connectivity index (χ1n) is 11.3. The fourth-order valence-electron chi connectivity index (χ4n) is 4.22. The summed E-state index contributed by atoms with van der Waals surface area (Å²) in [6.45, 7) is 7.20. The van der Waals surface area contributed by atoms with E-state index < -0.39 is 0 Å². The number of aromatic nitrogens is 2. The molecule has 182 valence electrons. The Kier molecular flexibility index (Phi) is 7.81. The molecule has 3 heterocycles. The second-order valence-electron chi connectivity index (χ2n) is 8.09. The van der Waals surface area contributed by atoms with Gasteiger partial charge in [0.15, 0.2) is 11.5 Å². The molecule has 0 bridgehead atoms. The van der Waals surface area contributed by atoms with Gasteiger partial charge in [-0.3, -0.25) is 9.69 Å². The minimum absolute atomic E-state index is 0.0623. The molecule has 1 aromatic carbocycles. The van der Waals surface area contributed by atoms with E-state index in [4.69, 9.17) is 14.2 Å². The molecule has 10 heteroatoms. The zero-order valence-electron chi connectivity index (χ0n) is 20.1. The smallest absolute Gasteiger partial charge is 0.264 e. The number of amides is 1. The minimum Gasteiger partial charge on any atom is -0.493 e. The molecular formula is C24H31N5O4S. The maximum atomic E-state index is 13.3. The molecule has 1 aliphatic heterocycles. The van der Waals surface area contributed by atoms with Crippen LogP contribution in [0, 0.1) is 6.92 Å². The summed E-state index contributed by atoms with van der Waals surface area (Å²) < 4.78 is 16.1. The Morgan fingerprint density at radius 1 is 1.12 bits per heavy atom. The second kappa shape index (κ2) is 11.0. The van der Waals surface area contributed by atoms with Crippen LogP contribution in [0.2, 0.25) is 0 Å². The zero-order chi connectivity index (χ0) is 24.1. The molecule has 0 spiro atoms. The summed E-state index contributed by atoms with van der Waals surface area (Å²) >= 11 is 1.43. The standard InChI is InChI=1S/C24H31N5O4S/c1-16-19-22(25-14-17-6-5-7-18(32-3)20(17)33-4)26-15-27-23(19)34-21(16)24(30)29-10-8-28(9-11-29)12-13-31-2/h5-7,15H,8-14H2,1-4H3,(H,25,26,27). The molecule has 1 amide bonds. The molecule has 1 saturated heterocycles. The van der Waals surface area contributed by atoms with E-state index >= 15 is 0 Å². The van der Waals surface area contributed by atoms with Gasteiger partial charge in [-0.25, -0.2) is 9.97 Å². The van der Waals surface area contributed by atoms with Crippen molar-refractivity contribution >= 4 is 33.3 Å². The molecule has 0 aliphatic carbocycles. The number of piperazine rings is 1. The summed E-state index contributed by atoms with van der Waals surface area (Å²) in [4.78, 5) is 28.0. The van der Waals surface area contributed by atoms with Crippen LogP contribution in [0.4, 0.5) is 5.82 Å². The molecular weight excluding hydrogens is 454 g/mol. The molecule has 9 nitrogen and oxygen atoms in total. The number of hydrogen-bond acceptors (Lipinski definition) is 9. The molecule has 1 N–H and O–H groups in total. The Labute approximate surface area is 203 Å². The summed E-state index contributed by atoms with van der Waals surface area (Å²) in [6, 6.07) is 5.77. The summed E-state index contributed by atoms with van der Waals surface area (Å²) in [5.74, 6) is 2.13. The SMILES string of the molecule is COCCN1CCN(C(=O)c2sc3ncnc(NCc4cccc(OC)c4OC)c3c2C)CC1. The number of rotatable bonds is 9. The van der Waals surface area contributed by atoms with Gasteiger partial charge in [0.2, 0.25) is 0 Å². The van der Waals surface area contributed by atoms with Crippen LogP contribution >= 0.6 is 11.3 Å². The topological polar surface area (TPSA) is 89.1 Å². The third-order valence-electron chi connectivity index (χ3n) is 6.12. The molecule has 1 aliphatic rings. The first-order valence-corrected chi connectivity index (χ1v) is 12.1. The summed E-state index contributed by atoms with van der Waals surface area (Å²) in [6.07, 6.45) is 1.53. The second-order valence-corrected chi connectivity index (χ2v) is 9.09. The first-order chi connectivity index (χ1) is 16.6. The number of carbonyl (C=O) groups is 1. The van der Waals surface area contributed by atoms with Crippen molar-refractivity contribution in [3.63, 3.8) is 0 Å². The van der Waals surface area contributed by atoms with Gasteiger partial charge in [-0.15, -0.1) is 11.3 Å². The lowest BCUT2D eigenvalue weighted by Crippen LogP contribution is -2.49. The van der Waals surface area contributed by atoms with Crippen molar-refractivity contribution in [2.75, 3.05) is 66.0 Å². The molecule has 3 aromatic rings. The highest BCUT2D eigenvalue weighted by atomic mass is 32.1. The number of methoxy groups -OCH3 is 3. The van der Waals surface area contributed by atoms with Gasteiger partial charge in [0.1, 0.15) is 17.0 Å². The molecule has 0 saturated carbocycles. The molecule has 2 aromatic heterocycles. The number of nitrogens with zero attached hydrogens (tertiary/aromatic N) is 4. The van der Waals surface area contributed by atoms with Gasteiger partial charge in [0.25, 0.3) is 5.91 Å². The highest BCUT2D eigenvalue weighted by Gasteiger charge is 2.26. The Balaban J connectivity index is 1.52. The van der Waals surface area contributed by atoms with E-state index in [0.29, 0.717) is 43.6 Å². The largest absolute Gasteiger partial charge is 0.493 e. The first kappa shape index (κ1) is 24.2. The lowest BCUT2D eigenvalue weighted by atomic mass is 10.1. The number of benzene rings is 1. The molecule has 0 radical (unpaired) electrons. The molecule has 0 unspecified atom stereocenters. The number of thiophene rings is 1. The summed E-state index contributed by atoms with van der Waals surface area (Å²) in [5.41, 5.74) is 1.86. The van der Waals surface area contributed by atoms with E-state index in [1.165, 1.54) is 17.7 Å². The molecule has 4 rings (SSSR count). The van der Waals surface area contributed by atoms with Gasteiger partial charge >= 0.3 is 0 Å². The van der Waals surface area contributed by atoms with Gasteiger partial charge in [-0.1, -0.05) is 12.1 Å². The Bertz CT molecular complexity index is 1140. The number of nitrogens with one attached hydrogen (secondary N) is 1. The van der Waals surface area contributed by atoms with Crippen molar-refractivity contribution in [3.05, 3.63) is 40.5 Å². The van der Waals surface area contributed by atoms with E-state index in [0.717, 1.165) is 45.9 Å². The number of carbonyl (C=O) groups excluding carboxylic acids is 1. The fraction of sp³-hybridized carbons (Fsp3) is 0.458. The predicted octanol–water partition coefficient (Wildman–Crippen LogP) is 3.03. The number of aryl methyl sites for hydroxylation is 1. The van der Waals surface area contributed by atoms with E-state index in [1.54, 1.807) is 21.3 Å². The van der Waals surface area contributed by atoms with Crippen LogP contribution in [0.25, 0.3) is 10.2 Å². The fourth-order valence-corrected chi connectivity index (χ4v) is 5.34. The van der Waals surface area contributed by atoms with Gasteiger partial charge in [0.05, 0.1) is 31.1 Å². The van der Waals surface area contributed by atoms with E-state index in [-0.39, 0.29) is 5.91 Å². The van der Waals surface area contributed by atoms with Crippen LogP contribution < -0.4 is 14.8 Å². The Morgan fingerprint density at radius 2 is 1.91 bits per heavy atom. The normalized spacial score (nSPS) is 14.4. The van der Waals surface area contributed by atoms with Crippen molar-refractivity contribution in [1.82, 2.24) is 19.8 Å². The van der Waals surface area contributed by atoms with Gasteiger partial charge < -0.3 is 24.4 Å². The molecule has 0 atom stereocenters. The number of ether oxygens (including phenoxy) is 3. The van der Waals surface area contributed by atoms with Gasteiger partial charge in [-0.2, -0.15) is 0 Å². The van der Waals surface area contributed by atoms with Crippen molar-refractivity contribution in [3.8, 4) is 11.5 Å². The van der Waals surface area contributed by atoms with Crippen LogP contribution in [0.3, 0.4) is 0 Å². The third kappa shape index (κ3) is 4.94.